The summed E-state index contributed by atoms with van der Waals surface area (Å²) in [6.45, 7) is 9.09. The van der Waals surface area contributed by atoms with Gasteiger partial charge in [-0.3, -0.25) is 0 Å². The molecule has 1 rings (SSSR count). The van der Waals surface area contributed by atoms with Crippen molar-refractivity contribution < 1.29 is 4.39 Å². The van der Waals surface area contributed by atoms with Gasteiger partial charge < -0.3 is 5.32 Å². The van der Waals surface area contributed by atoms with E-state index in [9.17, 15) is 4.39 Å². The molecule has 1 aliphatic heterocycles. The Morgan fingerprint density at radius 2 is 2.08 bits per heavy atom. The molecule has 1 aliphatic rings. The van der Waals surface area contributed by atoms with Crippen molar-refractivity contribution in [2.45, 2.75) is 58.2 Å². The average Bonchev–Trinajstić information content (AvgIpc) is 2.00. The molecular weight excluding hydrogens is 165 g/mol. The van der Waals surface area contributed by atoms with Gasteiger partial charge in [-0.15, -0.1) is 0 Å². The molecule has 0 aromatic carbocycles. The minimum atomic E-state index is -0.941. The van der Waals surface area contributed by atoms with E-state index in [1.54, 1.807) is 0 Å². The topological polar surface area (TPSA) is 12.0 Å². The van der Waals surface area contributed by atoms with Crippen LogP contribution in [0.15, 0.2) is 0 Å². The Balaban J connectivity index is 2.68. The predicted octanol–water partition coefficient (Wildman–Crippen LogP) is 2.90. The van der Waals surface area contributed by atoms with Crippen molar-refractivity contribution >= 4 is 0 Å². The molecule has 2 atom stereocenters. The van der Waals surface area contributed by atoms with Crippen molar-refractivity contribution in [1.29, 1.82) is 0 Å². The smallest absolute Gasteiger partial charge is 0.116 e. The third-order valence-electron chi connectivity index (χ3n) is 3.38. The highest BCUT2D eigenvalue weighted by molar-refractivity contribution is 4.98. The van der Waals surface area contributed by atoms with Gasteiger partial charge in [-0.25, -0.2) is 4.39 Å². The molecule has 0 amide bonds. The Kier molecular flexibility index (Phi) is 3.01. The van der Waals surface area contributed by atoms with Gasteiger partial charge in [0.05, 0.1) is 0 Å². The van der Waals surface area contributed by atoms with Crippen LogP contribution in [0.4, 0.5) is 4.39 Å². The fourth-order valence-corrected chi connectivity index (χ4v) is 2.28. The minimum absolute atomic E-state index is 0.0313. The van der Waals surface area contributed by atoms with E-state index in [-0.39, 0.29) is 11.5 Å². The first-order chi connectivity index (χ1) is 5.90. The van der Waals surface area contributed by atoms with Crippen LogP contribution in [0.5, 0.6) is 0 Å². The molecule has 0 bridgehead atoms. The average molecular weight is 187 g/mol. The first-order valence-corrected chi connectivity index (χ1v) is 5.33. The van der Waals surface area contributed by atoms with Gasteiger partial charge in [-0.05, 0) is 39.2 Å². The number of hydrogen-bond acceptors (Lipinski definition) is 1. The molecule has 2 unspecified atom stereocenters. The Labute approximate surface area is 81.1 Å². The molecule has 0 saturated carbocycles. The molecule has 0 aromatic heterocycles. The van der Waals surface area contributed by atoms with Crippen LogP contribution in [0.3, 0.4) is 0 Å². The summed E-state index contributed by atoms with van der Waals surface area (Å²) in [5.74, 6) is 0.189. The summed E-state index contributed by atoms with van der Waals surface area (Å²) >= 11 is 0. The van der Waals surface area contributed by atoms with E-state index in [1.165, 1.54) is 0 Å². The van der Waals surface area contributed by atoms with Crippen LogP contribution in [-0.4, -0.2) is 17.8 Å². The van der Waals surface area contributed by atoms with E-state index >= 15 is 0 Å². The maximum absolute atomic E-state index is 14.4. The predicted molar refractivity (Wildman–Crippen MR) is 54.6 cm³/mol. The van der Waals surface area contributed by atoms with Crippen molar-refractivity contribution in [3.8, 4) is 0 Å². The summed E-state index contributed by atoms with van der Waals surface area (Å²) in [6, 6.07) is 0. The van der Waals surface area contributed by atoms with Gasteiger partial charge in [0.15, 0.2) is 0 Å². The lowest BCUT2D eigenvalue weighted by atomic mass is 9.74. The third kappa shape index (κ3) is 2.43. The maximum atomic E-state index is 14.4. The lowest BCUT2D eigenvalue weighted by molar-refractivity contribution is 0.0141. The van der Waals surface area contributed by atoms with Crippen LogP contribution in [0.2, 0.25) is 0 Å². The lowest BCUT2D eigenvalue weighted by Gasteiger charge is -2.43. The minimum Gasteiger partial charge on any atom is -0.312 e. The van der Waals surface area contributed by atoms with Crippen molar-refractivity contribution in [3.63, 3.8) is 0 Å². The lowest BCUT2D eigenvalue weighted by Crippen LogP contribution is -2.54. The molecule has 0 radical (unpaired) electrons. The molecule has 1 saturated heterocycles. The third-order valence-corrected chi connectivity index (χ3v) is 3.38. The summed E-state index contributed by atoms with van der Waals surface area (Å²) in [4.78, 5) is 0. The van der Waals surface area contributed by atoms with E-state index in [0.29, 0.717) is 12.8 Å². The summed E-state index contributed by atoms with van der Waals surface area (Å²) in [6.07, 6.45) is 2.26. The Morgan fingerprint density at radius 1 is 1.46 bits per heavy atom. The maximum Gasteiger partial charge on any atom is 0.116 e. The van der Waals surface area contributed by atoms with Crippen LogP contribution in [-0.2, 0) is 0 Å². The Hall–Kier alpha value is -0.110. The van der Waals surface area contributed by atoms with Gasteiger partial charge >= 0.3 is 0 Å². The normalized spacial score (nSPS) is 35.8. The Bertz CT molecular complexity index is 179. The number of hydrogen-bond donors (Lipinski definition) is 1. The van der Waals surface area contributed by atoms with E-state index in [1.807, 2.05) is 6.92 Å². The summed E-state index contributed by atoms with van der Waals surface area (Å²) in [5.41, 5.74) is -0.972. The second-order valence-electron chi connectivity index (χ2n) is 5.08. The number of piperidine rings is 1. The van der Waals surface area contributed by atoms with E-state index < -0.39 is 5.67 Å². The number of rotatable bonds is 2. The second kappa shape index (κ2) is 3.56. The van der Waals surface area contributed by atoms with Crippen molar-refractivity contribution in [2.75, 3.05) is 6.54 Å². The van der Waals surface area contributed by atoms with Crippen LogP contribution < -0.4 is 5.32 Å². The second-order valence-corrected chi connectivity index (χ2v) is 5.08. The van der Waals surface area contributed by atoms with Gasteiger partial charge in [0.2, 0.25) is 0 Å². The molecule has 1 nitrogen and oxygen atoms in total. The first-order valence-electron chi connectivity index (χ1n) is 5.33. The highest BCUT2D eigenvalue weighted by atomic mass is 19.1. The summed E-state index contributed by atoms with van der Waals surface area (Å²) < 4.78 is 14.4. The van der Waals surface area contributed by atoms with Gasteiger partial charge in [-0.1, -0.05) is 20.3 Å². The number of nitrogens with one attached hydrogen (secondary N) is 1. The van der Waals surface area contributed by atoms with Crippen LogP contribution in [0.25, 0.3) is 0 Å². The molecular formula is C11H22FN. The van der Waals surface area contributed by atoms with Crippen molar-refractivity contribution in [3.05, 3.63) is 0 Å². The van der Waals surface area contributed by atoms with Crippen LogP contribution in [0, 0.1) is 5.92 Å². The van der Waals surface area contributed by atoms with Crippen LogP contribution >= 0.6 is 0 Å². The van der Waals surface area contributed by atoms with Crippen molar-refractivity contribution in [2.24, 2.45) is 5.92 Å². The molecule has 2 heteroatoms. The molecule has 1 N–H and O–H groups in total. The van der Waals surface area contributed by atoms with Gasteiger partial charge in [0.25, 0.3) is 0 Å². The largest absolute Gasteiger partial charge is 0.312 e. The number of alkyl halides is 1. The molecule has 1 heterocycles. The fourth-order valence-electron chi connectivity index (χ4n) is 2.28. The van der Waals surface area contributed by atoms with E-state index in [0.717, 1.165) is 13.0 Å². The van der Waals surface area contributed by atoms with Crippen LogP contribution in [0.1, 0.15) is 47.0 Å². The quantitative estimate of drug-likeness (QED) is 0.701. The van der Waals surface area contributed by atoms with Crippen molar-refractivity contribution in [1.82, 2.24) is 5.32 Å². The van der Waals surface area contributed by atoms with Gasteiger partial charge in [-0.2, -0.15) is 0 Å². The molecule has 0 spiro atoms. The SMILES string of the molecule is CCC(C)C1(F)CCNC(C)(C)C1. The molecule has 78 valence electrons. The highest BCUT2D eigenvalue weighted by Gasteiger charge is 2.43. The molecule has 0 aliphatic carbocycles. The van der Waals surface area contributed by atoms with Gasteiger partial charge in [0.1, 0.15) is 5.67 Å². The zero-order valence-electron chi connectivity index (χ0n) is 9.28. The molecule has 0 aromatic rings. The Morgan fingerprint density at radius 3 is 2.54 bits per heavy atom. The summed E-state index contributed by atoms with van der Waals surface area (Å²) in [5, 5.41) is 3.35. The zero-order chi connectivity index (χ0) is 10.1. The molecule has 13 heavy (non-hydrogen) atoms. The summed E-state index contributed by atoms with van der Waals surface area (Å²) in [7, 11) is 0. The van der Waals surface area contributed by atoms with Gasteiger partial charge in [0, 0.05) is 5.54 Å². The monoisotopic (exact) mass is 187 g/mol. The zero-order valence-corrected chi connectivity index (χ0v) is 9.28. The fraction of sp³-hybridized carbons (Fsp3) is 1.00. The van der Waals surface area contributed by atoms with E-state index in [2.05, 4.69) is 26.1 Å². The van der Waals surface area contributed by atoms with E-state index in [4.69, 9.17) is 0 Å². The number of halogens is 1. The first kappa shape index (κ1) is 11.0. The highest BCUT2D eigenvalue weighted by Crippen LogP contribution is 2.38. The standard InChI is InChI=1S/C11H22FN/c1-5-9(2)11(12)6-7-13-10(3,4)8-11/h9,13H,5-8H2,1-4H3. The molecule has 1 fully saturated rings.